The van der Waals surface area contributed by atoms with Crippen LogP contribution in [0, 0.1) is 0 Å². The molecule has 0 spiro atoms. The standard InChI is InChI=1S/C21H26N4O3S/c1-28-20(27)17-9-5-8-16(14-17)19(26)24-10-12-25(13-11-24)21-23-22-18(29-21)15-6-3-2-4-7-15/h5,8-9,14-15H,2-4,6-7,10-13H2,1H3. The van der Waals surface area contributed by atoms with Gasteiger partial charge in [-0.15, -0.1) is 10.2 Å². The van der Waals surface area contributed by atoms with Gasteiger partial charge >= 0.3 is 5.97 Å². The highest BCUT2D eigenvalue weighted by Crippen LogP contribution is 2.36. The predicted octanol–water partition coefficient (Wildman–Crippen LogP) is 3.33. The van der Waals surface area contributed by atoms with E-state index in [1.165, 1.54) is 39.2 Å². The lowest BCUT2D eigenvalue weighted by atomic mass is 9.90. The summed E-state index contributed by atoms with van der Waals surface area (Å²) in [5.41, 5.74) is 0.901. The summed E-state index contributed by atoms with van der Waals surface area (Å²) in [6.45, 7) is 2.72. The molecule has 1 saturated heterocycles. The van der Waals surface area contributed by atoms with Gasteiger partial charge in [-0.1, -0.05) is 36.7 Å². The van der Waals surface area contributed by atoms with Gasteiger partial charge in [0.2, 0.25) is 5.13 Å². The summed E-state index contributed by atoms with van der Waals surface area (Å²) in [6.07, 6.45) is 6.36. The van der Waals surface area contributed by atoms with Crippen molar-refractivity contribution in [1.29, 1.82) is 0 Å². The average Bonchev–Trinajstić information content (AvgIpc) is 3.29. The molecule has 0 radical (unpaired) electrons. The van der Waals surface area contributed by atoms with Crippen LogP contribution in [0.15, 0.2) is 24.3 Å². The van der Waals surface area contributed by atoms with E-state index < -0.39 is 5.97 Å². The zero-order chi connectivity index (χ0) is 20.2. The SMILES string of the molecule is COC(=O)c1cccc(C(=O)N2CCN(c3nnc(C4CCCCC4)s3)CC2)c1. The summed E-state index contributed by atoms with van der Waals surface area (Å²) in [4.78, 5) is 28.6. The Bertz CT molecular complexity index is 870. The Kier molecular flexibility index (Phi) is 6.08. The molecular weight excluding hydrogens is 388 g/mol. The van der Waals surface area contributed by atoms with Gasteiger partial charge in [0, 0.05) is 37.7 Å². The summed E-state index contributed by atoms with van der Waals surface area (Å²) in [6, 6.07) is 6.70. The Labute approximate surface area is 174 Å². The molecule has 0 N–H and O–H groups in total. The lowest BCUT2D eigenvalue weighted by Crippen LogP contribution is -2.48. The van der Waals surface area contributed by atoms with Crippen LogP contribution in [-0.2, 0) is 4.74 Å². The van der Waals surface area contributed by atoms with E-state index in [1.807, 2.05) is 4.90 Å². The molecule has 1 saturated carbocycles. The maximum absolute atomic E-state index is 12.8. The largest absolute Gasteiger partial charge is 0.465 e. The van der Waals surface area contributed by atoms with Crippen molar-refractivity contribution in [2.75, 3.05) is 38.2 Å². The molecule has 2 heterocycles. The van der Waals surface area contributed by atoms with Gasteiger partial charge in [0.25, 0.3) is 5.91 Å². The quantitative estimate of drug-likeness (QED) is 0.715. The molecule has 1 aliphatic carbocycles. The topological polar surface area (TPSA) is 75.6 Å². The van der Waals surface area contributed by atoms with Crippen molar-refractivity contribution >= 4 is 28.3 Å². The van der Waals surface area contributed by atoms with E-state index in [-0.39, 0.29) is 5.91 Å². The molecule has 2 fully saturated rings. The fourth-order valence-corrected chi connectivity index (χ4v) is 5.11. The van der Waals surface area contributed by atoms with Crippen LogP contribution in [0.25, 0.3) is 0 Å². The van der Waals surface area contributed by atoms with Crippen molar-refractivity contribution in [1.82, 2.24) is 15.1 Å². The molecule has 29 heavy (non-hydrogen) atoms. The number of benzene rings is 1. The average molecular weight is 415 g/mol. The van der Waals surface area contributed by atoms with Gasteiger partial charge in [-0.05, 0) is 31.0 Å². The Morgan fingerprint density at radius 2 is 1.76 bits per heavy atom. The molecule has 2 aromatic rings. The Hall–Kier alpha value is -2.48. The van der Waals surface area contributed by atoms with Crippen molar-refractivity contribution in [3.8, 4) is 0 Å². The zero-order valence-electron chi connectivity index (χ0n) is 16.7. The third kappa shape index (κ3) is 4.42. The summed E-state index contributed by atoms with van der Waals surface area (Å²) < 4.78 is 4.74. The highest BCUT2D eigenvalue weighted by molar-refractivity contribution is 7.15. The summed E-state index contributed by atoms with van der Waals surface area (Å²) in [7, 11) is 1.34. The lowest BCUT2D eigenvalue weighted by molar-refractivity contribution is 0.0600. The Balaban J connectivity index is 1.36. The minimum Gasteiger partial charge on any atom is -0.465 e. The second kappa shape index (κ2) is 8.90. The van der Waals surface area contributed by atoms with Crippen LogP contribution in [0.3, 0.4) is 0 Å². The van der Waals surface area contributed by atoms with Gasteiger partial charge in [-0.2, -0.15) is 0 Å². The third-order valence-electron chi connectivity index (χ3n) is 5.75. The molecule has 1 aliphatic heterocycles. The fraction of sp³-hybridized carbons (Fsp3) is 0.524. The third-order valence-corrected chi connectivity index (χ3v) is 6.90. The number of esters is 1. The number of aromatic nitrogens is 2. The highest BCUT2D eigenvalue weighted by Gasteiger charge is 2.26. The maximum atomic E-state index is 12.8. The number of anilines is 1. The van der Waals surface area contributed by atoms with Crippen molar-refractivity contribution in [3.05, 3.63) is 40.4 Å². The molecular formula is C21H26N4O3S. The van der Waals surface area contributed by atoms with E-state index in [0.717, 1.165) is 23.2 Å². The number of carbonyl (C=O) groups excluding carboxylic acids is 2. The van der Waals surface area contributed by atoms with Crippen LogP contribution >= 0.6 is 11.3 Å². The van der Waals surface area contributed by atoms with E-state index in [1.54, 1.807) is 35.6 Å². The highest BCUT2D eigenvalue weighted by atomic mass is 32.1. The minimum absolute atomic E-state index is 0.0597. The van der Waals surface area contributed by atoms with Gasteiger partial charge in [-0.25, -0.2) is 4.79 Å². The molecule has 8 heteroatoms. The van der Waals surface area contributed by atoms with Gasteiger partial charge in [0.1, 0.15) is 5.01 Å². The molecule has 0 bridgehead atoms. The van der Waals surface area contributed by atoms with Crippen molar-refractivity contribution in [2.45, 2.75) is 38.0 Å². The molecule has 1 aromatic heterocycles. The van der Waals surface area contributed by atoms with Crippen LogP contribution in [0.5, 0.6) is 0 Å². The molecule has 1 amide bonds. The van der Waals surface area contributed by atoms with Crippen LogP contribution < -0.4 is 4.90 Å². The van der Waals surface area contributed by atoms with E-state index in [2.05, 4.69) is 15.1 Å². The van der Waals surface area contributed by atoms with Gasteiger partial charge < -0.3 is 14.5 Å². The monoisotopic (exact) mass is 414 g/mol. The second-order valence-corrected chi connectivity index (χ2v) is 8.60. The number of piperazine rings is 1. The molecule has 4 rings (SSSR count). The Morgan fingerprint density at radius 3 is 2.48 bits per heavy atom. The van der Waals surface area contributed by atoms with Gasteiger partial charge in [0.05, 0.1) is 12.7 Å². The summed E-state index contributed by atoms with van der Waals surface area (Å²) >= 11 is 1.71. The summed E-state index contributed by atoms with van der Waals surface area (Å²) in [5.74, 6) is 0.0741. The van der Waals surface area contributed by atoms with Crippen molar-refractivity contribution < 1.29 is 14.3 Å². The number of amides is 1. The second-order valence-electron chi connectivity index (χ2n) is 7.61. The van der Waals surface area contributed by atoms with Crippen LogP contribution in [-0.4, -0.2) is 60.3 Å². The maximum Gasteiger partial charge on any atom is 0.337 e. The first-order chi connectivity index (χ1) is 14.2. The molecule has 7 nitrogen and oxygen atoms in total. The fourth-order valence-electron chi connectivity index (χ4n) is 4.05. The normalized spacial score (nSPS) is 18.0. The van der Waals surface area contributed by atoms with Gasteiger partial charge in [0.15, 0.2) is 0 Å². The van der Waals surface area contributed by atoms with Crippen LogP contribution in [0.1, 0.15) is 63.7 Å². The first kappa shape index (κ1) is 19.8. The molecule has 1 aromatic carbocycles. The number of nitrogens with zero attached hydrogens (tertiary/aromatic N) is 4. The first-order valence-electron chi connectivity index (χ1n) is 10.2. The van der Waals surface area contributed by atoms with E-state index in [0.29, 0.717) is 30.1 Å². The van der Waals surface area contributed by atoms with E-state index >= 15 is 0 Å². The van der Waals surface area contributed by atoms with Crippen molar-refractivity contribution in [3.63, 3.8) is 0 Å². The molecule has 154 valence electrons. The minimum atomic E-state index is -0.436. The number of ether oxygens (including phenoxy) is 1. The molecule has 2 aliphatic rings. The number of hydrogen-bond donors (Lipinski definition) is 0. The van der Waals surface area contributed by atoms with Crippen LogP contribution in [0.2, 0.25) is 0 Å². The van der Waals surface area contributed by atoms with Gasteiger partial charge in [-0.3, -0.25) is 4.79 Å². The summed E-state index contributed by atoms with van der Waals surface area (Å²) in [5, 5.41) is 11.0. The van der Waals surface area contributed by atoms with E-state index in [4.69, 9.17) is 4.74 Å². The van der Waals surface area contributed by atoms with E-state index in [9.17, 15) is 9.59 Å². The Morgan fingerprint density at radius 1 is 1.03 bits per heavy atom. The lowest BCUT2D eigenvalue weighted by Gasteiger charge is -2.34. The smallest absolute Gasteiger partial charge is 0.337 e. The number of methoxy groups -OCH3 is 1. The number of carbonyl (C=O) groups is 2. The van der Waals surface area contributed by atoms with Crippen molar-refractivity contribution in [2.24, 2.45) is 0 Å². The first-order valence-corrected chi connectivity index (χ1v) is 11.0. The predicted molar refractivity (Wildman–Crippen MR) is 112 cm³/mol. The molecule has 0 atom stereocenters. The number of rotatable bonds is 4. The van der Waals surface area contributed by atoms with Crippen LogP contribution in [0.4, 0.5) is 5.13 Å². The number of hydrogen-bond acceptors (Lipinski definition) is 7. The zero-order valence-corrected chi connectivity index (χ0v) is 17.5. The molecule has 0 unspecified atom stereocenters.